The van der Waals surface area contributed by atoms with Crippen molar-refractivity contribution in [3.8, 4) is 5.75 Å². The molecule has 0 aromatic heterocycles. The SMILES string of the molecule is CCCCCOc1ccc(CO)cc1C(F)(F)F. The second-order valence-electron chi connectivity index (χ2n) is 4.04. The summed E-state index contributed by atoms with van der Waals surface area (Å²) in [6, 6.07) is 3.62. The van der Waals surface area contributed by atoms with E-state index in [9.17, 15) is 13.2 Å². The van der Waals surface area contributed by atoms with Crippen LogP contribution in [-0.4, -0.2) is 11.7 Å². The second-order valence-corrected chi connectivity index (χ2v) is 4.04. The van der Waals surface area contributed by atoms with Gasteiger partial charge in [0.05, 0.1) is 18.8 Å². The van der Waals surface area contributed by atoms with Crippen molar-refractivity contribution >= 4 is 0 Å². The van der Waals surface area contributed by atoms with Crippen LogP contribution in [-0.2, 0) is 12.8 Å². The number of hydrogen-bond acceptors (Lipinski definition) is 2. The van der Waals surface area contributed by atoms with Crippen LogP contribution in [0.25, 0.3) is 0 Å². The van der Waals surface area contributed by atoms with Crippen LogP contribution in [0.2, 0.25) is 0 Å². The molecule has 0 bridgehead atoms. The molecule has 2 nitrogen and oxygen atoms in total. The quantitative estimate of drug-likeness (QED) is 0.791. The van der Waals surface area contributed by atoms with Gasteiger partial charge in [0, 0.05) is 0 Å². The molecule has 0 aliphatic carbocycles. The molecular formula is C13H17F3O2. The van der Waals surface area contributed by atoms with E-state index in [4.69, 9.17) is 9.84 Å². The topological polar surface area (TPSA) is 29.5 Å². The maximum atomic E-state index is 12.8. The molecule has 5 heteroatoms. The molecule has 18 heavy (non-hydrogen) atoms. The molecule has 0 spiro atoms. The highest BCUT2D eigenvalue weighted by atomic mass is 19.4. The zero-order chi connectivity index (χ0) is 13.6. The maximum Gasteiger partial charge on any atom is 0.419 e. The molecule has 0 saturated heterocycles. The zero-order valence-electron chi connectivity index (χ0n) is 10.3. The molecule has 1 aromatic rings. The van der Waals surface area contributed by atoms with E-state index in [0.29, 0.717) is 0 Å². The van der Waals surface area contributed by atoms with Crippen molar-refractivity contribution in [3.63, 3.8) is 0 Å². The average Bonchev–Trinajstić information content (AvgIpc) is 2.33. The first kappa shape index (κ1) is 14.8. The van der Waals surface area contributed by atoms with Gasteiger partial charge in [-0.05, 0) is 24.1 Å². The summed E-state index contributed by atoms with van der Waals surface area (Å²) in [6.07, 6.45) is -1.82. The Morgan fingerprint density at radius 1 is 1.22 bits per heavy atom. The first-order valence-corrected chi connectivity index (χ1v) is 5.92. The summed E-state index contributed by atoms with van der Waals surface area (Å²) in [5, 5.41) is 8.86. The normalized spacial score (nSPS) is 11.6. The molecule has 1 aromatic carbocycles. The van der Waals surface area contributed by atoms with Crippen molar-refractivity contribution in [3.05, 3.63) is 29.3 Å². The van der Waals surface area contributed by atoms with Crippen LogP contribution in [0, 0.1) is 0 Å². The Morgan fingerprint density at radius 3 is 2.50 bits per heavy atom. The van der Waals surface area contributed by atoms with Crippen molar-refractivity contribution in [1.82, 2.24) is 0 Å². The minimum Gasteiger partial charge on any atom is -0.493 e. The highest BCUT2D eigenvalue weighted by molar-refractivity contribution is 5.39. The first-order chi connectivity index (χ1) is 8.49. The summed E-state index contributed by atoms with van der Waals surface area (Å²) < 4.78 is 43.5. The fourth-order valence-corrected chi connectivity index (χ4v) is 1.56. The highest BCUT2D eigenvalue weighted by Crippen LogP contribution is 2.36. The lowest BCUT2D eigenvalue weighted by atomic mass is 10.1. The van der Waals surface area contributed by atoms with Gasteiger partial charge in [-0.3, -0.25) is 0 Å². The Hall–Kier alpha value is -1.23. The number of halogens is 3. The molecule has 0 saturated carbocycles. The van der Waals surface area contributed by atoms with Gasteiger partial charge in [-0.25, -0.2) is 0 Å². The van der Waals surface area contributed by atoms with E-state index in [2.05, 4.69) is 0 Å². The maximum absolute atomic E-state index is 12.8. The largest absolute Gasteiger partial charge is 0.493 e. The van der Waals surface area contributed by atoms with Gasteiger partial charge >= 0.3 is 6.18 Å². The van der Waals surface area contributed by atoms with Crippen molar-refractivity contribution in [1.29, 1.82) is 0 Å². The van der Waals surface area contributed by atoms with Gasteiger partial charge in [-0.15, -0.1) is 0 Å². The lowest BCUT2D eigenvalue weighted by Crippen LogP contribution is -2.10. The summed E-state index contributed by atoms with van der Waals surface area (Å²) in [5.41, 5.74) is -0.603. The summed E-state index contributed by atoms with van der Waals surface area (Å²) in [6.45, 7) is 1.87. The number of rotatable bonds is 6. The third kappa shape index (κ3) is 4.22. The molecule has 0 atom stereocenters. The van der Waals surface area contributed by atoms with Crippen LogP contribution >= 0.6 is 0 Å². The zero-order valence-corrected chi connectivity index (χ0v) is 10.3. The fraction of sp³-hybridized carbons (Fsp3) is 0.538. The molecule has 0 radical (unpaired) electrons. The Morgan fingerprint density at radius 2 is 1.94 bits per heavy atom. The lowest BCUT2D eigenvalue weighted by Gasteiger charge is -2.14. The average molecular weight is 262 g/mol. The second kappa shape index (κ2) is 6.64. The third-order valence-electron chi connectivity index (χ3n) is 2.54. The van der Waals surface area contributed by atoms with E-state index in [0.717, 1.165) is 25.3 Å². The van der Waals surface area contributed by atoms with E-state index in [1.54, 1.807) is 0 Å². The van der Waals surface area contributed by atoms with Gasteiger partial charge in [0.1, 0.15) is 5.75 Å². The van der Waals surface area contributed by atoms with Gasteiger partial charge in [-0.1, -0.05) is 25.8 Å². The highest BCUT2D eigenvalue weighted by Gasteiger charge is 2.34. The molecule has 0 amide bonds. The van der Waals surface area contributed by atoms with Crippen molar-refractivity contribution in [2.75, 3.05) is 6.61 Å². The standard InChI is InChI=1S/C13H17F3O2/c1-2-3-4-7-18-12-6-5-10(9-17)8-11(12)13(14,15)16/h5-6,8,17H,2-4,7,9H2,1H3. The van der Waals surface area contributed by atoms with Gasteiger partial charge in [0.2, 0.25) is 0 Å². The fourth-order valence-electron chi connectivity index (χ4n) is 1.56. The summed E-state index contributed by atoms with van der Waals surface area (Å²) in [4.78, 5) is 0. The number of alkyl halides is 3. The summed E-state index contributed by atoms with van der Waals surface area (Å²) >= 11 is 0. The summed E-state index contributed by atoms with van der Waals surface area (Å²) in [5.74, 6) is -0.171. The van der Waals surface area contributed by atoms with Gasteiger partial charge in [-0.2, -0.15) is 13.2 Å². The van der Waals surface area contributed by atoms with Crippen LogP contribution in [0.4, 0.5) is 13.2 Å². The minimum absolute atomic E-state index is 0.171. The number of unbranched alkanes of at least 4 members (excludes halogenated alkanes) is 2. The van der Waals surface area contributed by atoms with Gasteiger partial charge in [0.15, 0.2) is 0 Å². The van der Waals surface area contributed by atoms with E-state index in [1.807, 2.05) is 6.92 Å². The Kier molecular flexibility index (Phi) is 5.47. The molecule has 0 aliphatic rings. The van der Waals surface area contributed by atoms with Crippen LogP contribution in [0.15, 0.2) is 18.2 Å². The van der Waals surface area contributed by atoms with Crippen molar-refractivity contribution in [2.24, 2.45) is 0 Å². The van der Waals surface area contributed by atoms with Gasteiger partial charge in [0.25, 0.3) is 0 Å². The van der Waals surface area contributed by atoms with Crippen LogP contribution in [0.5, 0.6) is 5.75 Å². The smallest absolute Gasteiger partial charge is 0.419 e. The third-order valence-corrected chi connectivity index (χ3v) is 2.54. The predicted molar refractivity (Wildman–Crippen MR) is 62.4 cm³/mol. The van der Waals surface area contributed by atoms with E-state index in [1.165, 1.54) is 12.1 Å². The molecule has 102 valence electrons. The summed E-state index contributed by atoms with van der Waals surface area (Å²) in [7, 11) is 0. The Balaban J connectivity index is 2.82. The molecule has 1 N–H and O–H groups in total. The van der Waals surface area contributed by atoms with E-state index in [-0.39, 0.29) is 17.9 Å². The molecule has 0 unspecified atom stereocenters. The molecule has 1 rings (SSSR count). The Bertz CT molecular complexity index is 375. The number of ether oxygens (including phenoxy) is 1. The molecular weight excluding hydrogens is 245 g/mol. The van der Waals surface area contributed by atoms with E-state index >= 15 is 0 Å². The number of benzene rings is 1. The van der Waals surface area contributed by atoms with Crippen molar-refractivity contribution in [2.45, 2.75) is 39.0 Å². The first-order valence-electron chi connectivity index (χ1n) is 5.92. The number of hydrogen-bond donors (Lipinski definition) is 1. The minimum atomic E-state index is -4.47. The molecule has 0 heterocycles. The lowest BCUT2D eigenvalue weighted by molar-refractivity contribution is -0.139. The number of aliphatic hydroxyl groups is 1. The Labute approximate surface area is 104 Å². The van der Waals surface area contributed by atoms with Crippen LogP contribution < -0.4 is 4.74 Å². The van der Waals surface area contributed by atoms with Gasteiger partial charge < -0.3 is 9.84 Å². The van der Waals surface area contributed by atoms with Crippen LogP contribution in [0.1, 0.15) is 37.3 Å². The monoisotopic (exact) mass is 262 g/mol. The van der Waals surface area contributed by atoms with E-state index < -0.39 is 18.3 Å². The number of aliphatic hydroxyl groups excluding tert-OH is 1. The molecule has 0 fully saturated rings. The predicted octanol–water partition coefficient (Wildman–Crippen LogP) is 3.77. The van der Waals surface area contributed by atoms with Crippen molar-refractivity contribution < 1.29 is 23.0 Å². The van der Waals surface area contributed by atoms with Crippen LogP contribution in [0.3, 0.4) is 0 Å². The molecule has 0 aliphatic heterocycles.